The van der Waals surface area contributed by atoms with E-state index in [1.54, 1.807) is 30.5 Å². The Balaban J connectivity index is 1.98. The van der Waals surface area contributed by atoms with Gasteiger partial charge in [0.1, 0.15) is 5.69 Å². The molecule has 0 aliphatic rings. The number of aliphatic hydroxyl groups excluding tert-OH is 1. The normalized spacial score (nSPS) is 12.2. The van der Waals surface area contributed by atoms with Gasteiger partial charge >= 0.3 is 0 Å². The molecule has 20 heavy (non-hydrogen) atoms. The Morgan fingerprint density at radius 1 is 1.30 bits per heavy atom. The van der Waals surface area contributed by atoms with Crippen LogP contribution in [0.15, 0.2) is 34.9 Å². The van der Waals surface area contributed by atoms with Gasteiger partial charge in [-0.3, -0.25) is 4.79 Å². The largest absolute Gasteiger partial charge is 0.387 e. The maximum Gasteiger partial charge on any atom is 0.267 e. The van der Waals surface area contributed by atoms with Crippen molar-refractivity contribution in [2.75, 3.05) is 6.54 Å². The van der Waals surface area contributed by atoms with E-state index in [9.17, 15) is 9.90 Å². The quantitative estimate of drug-likeness (QED) is 0.762. The van der Waals surface area contributed by atoms with Crippen molar-refractivity contribution in [3.8, 4) is 0 Å². The van der Waals surface area contributed by atoms with Crippen LogP contribution in [-0.2, 0) is 0 Å². The lowest BCUT2D eigenvalue weighted by molar-refractivity contribution is 0.0912. The van der Waals surface area contributed by atoms with E-state index in [1.165, 1.54) is 0 Å². The molecule has 1 amide bonds. The second-order valence-electron chi connectivity index (χ2n) is 4.16. The molecular formula is C13H11BrCl2N2O2. The molecule has 1 aromatic carbocycles. The number of carbonyl (C=O) groups excluding carboxylic acids is 1. The minimum Gasteiger partial charge on any atom is -0.387 e. The summed E-state index contributed by atoms with van der Waals surface area (Å²) in [6.07, 6.45) is 0.774. The Morgan fingerprint density at radius 2 is 1.95 bits per heavy atom. The molecule has 4 nitrogen and oxygen atoms in total. The van der Waals surface area contributed by atoms with E-state index >= 15 is 0 Å². The first-order valence-electron chi connectivity index (χ1n) is 5.72. The van der Waals surface area contributed by atoms with Gasteiger partial charge in [-0.05, 0) is 45.8 Å². The van der Waals surface area contributed by atoms with Crippen LogP contribution in [0.4, 0.5) is 0 Å². The molecule has 1 aromatic heterocycles. The first-order valence-corrected chi connectivity index (χ1v) is 7.27. The molecule has 0 radical (unpaired) electrons. The van der Waals surface area contributed by atoms with Gasteiger partial charge in [-0.2, -0.15) is 0 Å². The van der Waals surface area contributed by atoms with E-state index in [0.717, 1.165) is 4.47 Å². The minimum atomic E-state index is -0.881. The van der Waals surface area contributed by atoms with E-state index in [4.69, 9.17) is 23.2 Å². The molecule has 7 heteroatoms. The molecule has 1 unspecified atom stereocenters. The number of benzene rings is 1. The molecule has 0 saturated carbocycles. The van der Waals surface area contributed by atoms with Crippen molar-refractivity contribution in [2.45, 2.75) is 6.10 Å². The molecule has 1 heterocycles. The Bertz CT molecular complexity index is 610. The van der Waals surface area contributed by atoms with Gasteiger partial charge in [0.2, 0.25) is 0 Å². The van der Waals surface area contributed by atoms with Gasteiger partial charge in [0.05, 0.1) is 6.10 Å². The first-order chi connectivity index (χ1) is 9.45. The number of carbonyl (C=O) groups is 1. The third-order valence-corrected chi connectivity index (χ3v) is 3.51. The van der Waals surface area contributed by atoms with Gasteiger partial charge in [-0.15, -0.1) is 0 Å². The second kappa shape index (κ2) is 6.63. The molecule has 0 fully saturated rings. The predicted octanol–water partition coefficient (Wildman–Crippen LogP) is 3.55. The Labute approximate surface area is 134 Å². The highest BCUT2D eigenvalue weighted by atomic mass is 79.9. The molecule has 2 aromatic rings. The molecule has 0 spiro atoms. The zero-order valence-corrected chi connectivity index (χ0v) is 13.3. The van der Waals surface area contributed by atoms with Gasteiger partial charge in [-0.25, -0.2) is 0 Å². The number of nitrogens with one attached hydrogen (secondary N) is 2. The third kappa shape index (κ3) is 3.99. The Kier molecular flexibility index (Phi) is 5.10. The predicted molar refractivity (Wildman–Crippen MR) is 82.2 cm³/mol. The number of hydrogen-bond acceptors (Lipinski definition) is 2. The summed E-state index contributed by atoms with van der Waals surface area (Å²) in [5, 5.41) is 13.5. The van der Waals surface area contributed by atoms with Crippen molar-refractivity contribution < 1.29 is 9.90 Å². The van der Waals surface area contributed by atoms with Crippen LogP contribution in [0.25, 0.3) is 0 Å². The topological polar surface area (TPSA) is 65.1 Å². The number of halogens is 3. The summed E-state index contributed by atoms with van der Waals surface area (Å²) in [5.41, 5.74) is 0.962. The second-order valence-corrected chi connectivity index (χ2v) is 5.95. The van der Waals surface area contributed by atoms with E-state index in [-0.39, 0.29) is 12.5 Å². The lowest BCUT2D eigenvalue weighted by Crippen LogP contribution is -2.28. The van der Waals surface area contributed by atoms with Gasteiger partial charge in [0.25, 0.3) is 5.91 Å². The molecule has 3 N–H and O–H groups in total. The lowest BCUT2D eigenvalue weighted by Gasteiger charge is -2.12. The first kappa shape index (κ1) is 15.4. The number of amides is 1. The summed E-state index contributed by atoms with van der Waals surface area (Å²) in [4.78, 5) is 14.6. The number of aromatic nitrogens is 1. The van der Waals surface area contributed by atoms with Gasteiger partial charge in [0.15, 0.2) is 0 Å². The van der Waals surface area contributed by atoms with Crippen molar-refractivity contribution in [2.24, 2.45) is 0 Å². The van der Waals surface area contributed by atoms with Crippen molar-refractivity contribution >= 4 is 45.0 Å². The van der Waals surface area contributed by atoms with Crippen molar-refractivity contribution in [1.82, 2.24) is 10.3 Å². The zero-order chi connectivity index (χ0) is 14.7. The lowest BCUT2D eigenvalue weighted by atomic mass is 10.1. The number of aliphatic hydroxyl groups is 1. The standard InChI is InChI=1S/C13H11BrCl2N2O2/c14-8-3-11(17-5-8)13(20)18-6-12(19)7-1-9(15)4-10(16)2-7/h1-5,12,17,19H,6H2,(H,18,20). The summed E-state index contributed by atoms with van der Waals surface area (Å²) < 4.78 is 0.782. The van der Waals surface area contributed by atoms with Crippen molar-refractivity contribution in [1.29, 1.82) is 0 Å². The molecule has 0 aliphatic heterocycles. The van der Waals surface area contributed by atoms with Crippen LogP contribution in [0.3, 0.4) is 0 Å². The molecule has 0 bridgehead atoms. The highest BCUT2D eigenvalue weighted by Crippen LogP contribution is 2.23. The number of H-pyrrole nitrogens is 1. The summed E-state index contributed by atoms with van der Waals surface area (Å²) >= 11 is 15.0. The SMILES string of the molecule is O=C(NCC(O)c1cc(Cl)cc(Cl)c1)c1cc(Br)c[nH]1. The highest BCUT2D eigenvalue weighted by molar-refractivity contribution is 9.10. The van der Waals surface area contributed by atoms with Crippen LogP contribution >= 0.6 is 39.1 Å². The van der Waals surface area contributed by atoms with Crippen LogP contribution < -0.4 is 5.32 Å². The maximum absolute atomic E-state index is 11.8. The fraction of sp³-hybridized carbons (Fsp3) is 0.154. The summed E-state index contributed by atoms with van der Waals surface area (Å²) in [6.45, 7) is 0.0617. The highest BCUT2D eigenvalue weighted by Gasteiger charge is 2.13. The van der Waals surface area contributed by atoms with Crippen molar-refractivity contribution in [3.05, 3.63) is 56.2 Å². The third-order valence-electron chi connectivity index (χ3n) is 2.62. The van der Waals surface area contributed by atoms with Gasteiger partial charge in [0, 0.05) is 27.3 Å². The van der Waals surface area contributed by atoms with Crippen LogP contribution in [0, 0.1) is 0 Å². The van der Waals surface area contributed by atoms with Crippen LogP contribution in [0.1, 0.15) is 22.2 Å². The number of hydrogen-bond donors (Lipinski definition) is 3. The van der Waals surface area contributed by atoms with E-state index in [0.29, 0.717) is 21.3 Å². The molecule has 0 aliphatic carbocycles. The summed E-state index contributed by atoms with van der Waals surface area (Å²) in [6, 6.07) is 6.44. The maximum atomic E-state index is 11.8. The average molecular weight is 378 g/mol. The van der Waals surface area contributed by atoms with Crippen molar-refractivity contribution in [3.63, 3.8) is 0 Å². The summed E-state index contributed by atoms with van der Waals surface area (Å²) in [7, 11) is 0. The zero-order valence-electron chi connectivity index (χ0n) is 10.2. The van der Waals surface area contributed by atoms with E-state index in [2.05, 4.69) is 26.2 Å². The summed E-state index contributed by atoms with van der Waals surface area (Å²) in [5.74, 6) is -0.303. The molecule has 0 saturated heterocycles. The Hall–Kier alpha value is -1.01. The molecule has 1 atom stereocenters. The van der Waals surface area contributed by atoms with Gasteiger partial charge < -0.3 is 15.4 Å². The monoisotopic (exact) mass is 376 g/mol. The van der Waals surface area contributed by atoms with Gasteiger partial charge in [-0.1, -0.05) is 23.2 Å². The average Bonchev–Trinajstić information content (AvgIpc) is 2.81. The molecule has 2 rings (SSSR count). The van der Waals surface area contributed by atoms with Crippen LogP contribution in [0.5, 0.6) is 0 Å². The minimum absolute atomic E-state index is 0.0617. The smallest absolute Gasteiger partial charge is 0.267 e. The van der Waals surface area contributed by atoms with Crippen LogP contribution in [-0.4, -0.2) is 22.5 Å². The fourth-order valence-electron chi connectivity index (χ4n) is 1.67. The number of aromatic amines is 1. The fourth-order valence-corrected chi connectivity index (χ4v) is 2.56. The number of rotatable bonds is 4. The molecular weight excluding hydrogens is 367 g/mol. The Morgan fingerprint density at radius 3 is 2.50 bits per heavy atom. The molecule has 106 valence electrons. The van der Waals surface area contributed by atoms with Crippen LogP contribution in [0.2, 0.25) is 10.0 Å². The van der Waals surface area contributed by atoms with E-state index < -0.39 is 6.10 Å². The van der Waals surface area contributed by atoms with E-state index in [1.807, 2.05) is 0 Å².